The molecule has 0 radical (unpaired) electrons. The van der Waals surface area contributed by atoms with Gasteiger partial charge >= 0.3 is 6.03 Å². The summed E-state index contributed by atoms with van der Waals surface area (Å²) in [7, 11) is 0. The monoisotopic (exact) mass is 418 g/mol. The summed E-state index contributed by atoms with van der Waals surface area (Å²) in [5.74, 6) is 0.654. The number of para-hydroxylation sites is 1. The van der Waals surface area contributed by atoms with E-state index in [-0.39, 0.29) is 11.9 Å². The van der Waals surface area contributed by atoms with E-state index in [4.69, 9.17) is 16.0 Å². The predicted octanol–water partition coefficient (Wildman–Crippen LogP) is 5.61. The molecule has 0 saturated heterocycles. The first-order chi connectivity index (χ1) is 14.6. The fourth-order valence-corrected chi connectivity index (χ4v) is 3.12. The third-order valence-corrected chi connectivity index (χ3v) is 4.83. The Morgan fingerprint density at radius 2 is 1.63 bits per heavy atom. The van der Waals surface area contributed by atoms with Crippen molar-refractivity contribution in [1.29, 1.82) is 0 Å². The fourth-order valence-electron chi connectivity index (χ4n) is 2.99. The zero-order chi connectivity index (χ0) is 20.9. The van der Waals surface area contributed by atoms with Crippen LogP contribution >= 0.6 is 11.6 Å². The Balaban J connectivity index is 1.62. The van der Waals surface area contributed by atoms with E-state index in [2.05, 4.69) is 20.8 Å². The van der Waals surface area contributed by atoms with Gasteiger partial charge in [-0.05, 0) is 48.4 Å². The number of hydrogen-bond donors (Lipinski definition) is 2. The highest BCUT2D eigenvalue weighted by molar-refractivity contribution is 6.30. The number of urea groups is 1. The lowest BCUT2D eigenvalue weighted by molar-refractivity contribution is 0.248. The van der Waals surface area contributed by atoms with Gasteiger partial charge in [0.05, 0.1) is 0 Å². The van der Waals surface area contributed by atoms with Crippen LogP contribution in [0.25, 0.3) is 11.5 Å². The van der Waals surface area contributed by atoms with Gasteiger partial charge in [0.2, 0.25) is 11.8 Å². The highest BCUT2D eigenvalue weighted by atomic mass is 35.5. The lowest BCUT2D eigenvalue weighted by Gasteiger charge is -2.17. The maximum absolute atomic E-state index is 12.7. The largest absolute Gasteiger partial charge is 0.418 e. The lowest BCUT2D eigenvalue weighted by atomic mass is 10.1. The van der Waals surface area contributed by atoms with Crippen molar-refractivity contribution in [2.24, 2.45) is 0 Å². The van der Waals surface area contributed by atoms with Gasteiger partial charge in [-0.1, -0.05) is 60.1 Å². The third-order valence-electron chi connectivity index (χ3n) is 4.58. The van der Waals surface area contributed by atoms with E-state index >= 15 is 0 Å². The second kappa shape index (κ2) is 8.80. The minimum Gasteiger partial charge on any atom is -0.418 e. The van der Waals surface area contributed by atoms with E-state index in [1.165, 1.54) is 0 Å². The second-order valence-corrected chi connectivity index (χ2v) is 7.15. The van der Waals surface area contributed by atoms with Gasteiger partial charge in [-0.15, -0.1) is 10.2 Å². The summed E-state index contributed by atoms with van der Waals surface area (Å²) in [6.07, 6.45) is 0. The van der Waals surface area contributed by atoms with E-state index in [0.29, 0.717) is 10.9 Å². The first-order valence-corrected chi connectivity index (χ1v) is 9.75. The lowest BCUT2D eigenvalue weighted by Crippen LogP contribution is -2.33. The summed E-state index contributed by atoms with van der Waals surface area (Å²) in [5.41, 5.74) is 3.25. The Kier molecular flexibility index (Phi) is 5.77. The van der Waals surface area contributed by atoms with Crippen LogP contribution in [0.15, 0.2) is 83.3 Å². The van der Waals surface area contributed by atoms with Gasteiger partial charge in [0.1, 0.15) is 6.04 Å². The molecule has 2 N–H and O–H groups in total. The second-order valence-electron chi connectivity index (χ2n) is 6.71. The molecule has 1 aromatic heterocycles. The molecule has 1 atom stereocenters. The quantitative estimate of drug-likeness (QED) is 0.441. The van der Waals surface area contributed by atoms with E-state index < -0.39 is 6.04 Å². The molecule has 1 heterocycles. The van der Waals surface area contributed by atoms with Crippen molar-refractivity contribution < 1.29 is 9.21 Å². The van der Waals surface area contributed by atoms with Gasteiger partial charge in [-0.3, -0.25) is 0 Å². The smallest absolute Gasteiger partial charge is 0.320 e. The summed E-state index contributed by atoms with van der Waals surface area (Å²) in [6.45, 7) is 1.93. The summed E-state index contributed by atoms with van der Waals surface area (Å²) in [4.78, 5) is 12.7. The molecule has 0 spiro atoms. The van der Waals surface area contributed by atoms with E-state index in [1.807, 2.05) is 73.7 Å². The summed E-state index contributed by atoms with van der Waals surface area (Å²) >= 11 is 6.03. The Bertz CT molecular complexity index is 1140. The van der Waals surface area contributed by atoms with E-state index in [1.54, 1.807) is 12.1 Å². The number of halogens is 1. The number of amides is 2. The molecule has 0 fully saturated rings. The molecular formula is C23H19ClN4O2. The molecule has 4 rings (SSSR count). The molecule has 30 heavy (non-hydrogen) atoms. The topological polar surface area (TPSA) is 80.0 Å². The van der Waals surface area contributed by atoms with Crippen LogP contribution in [-0.2, 0) is 0 Å². The first kappa shape index (κ1) is 19.7. The number of carbonyl (C=O) groups excluding carboxylic acids is 1. The first-order valence-electron chi connectivity index (χ1n) is 9.37. The number of nitrogens with zero attached hydrogens (tertiary/aromatic N) is 2. The van der Waals surface area contributed by atoms with Crippen molar-refractivity contribution in [2.75, 3.05) is 5.32 Å². The minimum absolute atomic E-state index is 0.274. The van der Waals surface area contributed by atoms with Crippen LogP contribution in [0.1, 0.15) is 23.1 Å². The normalized spacial score (nSPS) is 11.7. The average Bonchev–Trinajstić information content (AvgIpc) is 3.25. The average molecular weight is 419 g/mol. The van der Waals surface area contributed by atoms with Crippen molar-refractivity contribution in [3.05, 3.63) is 101 Å². The van der Waals surface area contributed by atoms with Gasteiger partial charge in [0.15, 0.2) is 0 Å². The molecule has 0 bridgehead atoms. The number of aryl methyl sites for hydroxylation is 1. The van der Waals surface area contributed by atoms with Crippen LogP contribution in [0.5, 0.6) is 0 Å². The van der Waals surface area contributed by atoms with Gasteiger partial charge in [0.25, 0.3) is 0 Å². The Labute approximate surface area is 178 Å². The summed E-state index contributed by atoms with van der Waals surface area (Å²) in [6, 6.07) is 23.1. The molecule has 2 amide bonds. The zero-order valence-corrected chi connectivity index (χ0v) is 16.9. The van der Waals surface area contributed by atoms with Crippen LogP contribution in [0.4, 0.5) is 10.5 Å². The number of nitrogens with one attached hydrogen (secondary N) is 2. The molecule has 0 aliphatic rings. The van der Waals surface area contributed by atoms with E-state index in [0.717, 1.165) is 22.4 Å². The molecule has 3 aromatic carbocycles. The molecule has 6 nitrogen and oxygen atoms in total. The third kappa shape index (κ3) is 4.50. The van der Waals surface area contributed by atoms with Crippen molar-refractivity contribution in [3.8, 4) is 11.5 Å². The van der Waals surface area contributed by atoms with Crippen LogP contribution in [0, 0.1) is 6.92 Å². The summed E-state index contributed by atoms with van der Waals surface area (Å²) < 4.78 is 5.89. The number of anilines is 1. The zero-order valence-electron chi connectivity index (χ0n) is 16.2. The van der Waals surface area contributed by atoms with Gasteiger partial charge in [-0.2, -0.15) is 0 Å². The molecule has 0 saturated carbocycles. The molecule has 1 unspecified atom stereocenters. The highest BCUT2D eigenvalue weighted by Crippen LogP contribution is 2.26. The van der Waals surface area contributed by atoms with E-state index in [9.17, 15) is 4.79 Å². The van der Waals surface area contributed by atoms with Gasteiger partial charge < -0.3 is 15.1 Å². The maximum atomic E-state index is 12.7. The number of carbonyl (C=O) groups is 1. The van der Waals surface area contributed by atoms with Crippen molar-refractivity contribution >= 4 is 23.3 Å². The Morgan fingerprint density at radius 3 is 2.37 bits per heavy atom. The Morgan fingerprint density at radius 1 is 0.933 bits per heavy atom. The maximum Gasteiger partial charge on any atom is 0.320 e. The molecule has 7 heteroatoms. The fraction of sp³-hybridized carbons (Fsp3) is 0.0870. The van der Waals surface area contributed by atoms with Crippen LogP contribution < -0.4 is 10.6 Å². The standard InChI is InChI=1S/C23H19ClN4O2/c1-15-7-5-6-10-19(15)25-23(29)26-20(16-11-13-18(24)14-12-16)22-28-27-21(30-22)17-8-3-2-4-9-17/h2-14,20H,1H3,(H2,25,26,29). The Hall–Kier alpha value is -3.64. The van der Waals surface area contributed by atoms with Crippen molar-refractivity contribution in [1.82, 2.24) is 15.5 Å². The van der Waals surface area contributed by atoms with Crippen molar-refractivity contribution in [2.45, 2.75) is 13.0 Å². The summed E-state index contributed by atoms with van der Waals surface area (Å²) in [5, 5.41) is 14.7. The number of aromatic nitrogens is 2. The highest BCUT2D eigenvalue weighted by Gasteiger charge is 2.24. The van der Waals surface area contributed by atoms with Gasteiger partial charge in [0, 0.05) is 16.3 Å². The minimum atomic E-state index is -0.642. The van der Waals surface area contributed by atoms with Crippen LogP contribution in [0.3, 0.4) is 0 Å². The predicted molar refractivity (Wildman–Crippen MR) is 116 cm³/mol. The SMILES string of the molecule is Cc1ccccc1NC(=O)NC(c1ccc(Cl)cc1)c1nnc(-c2ccccc2)o1. The molecule has 0 aliphatic carbocycles. The molecular weight excluding hydrogens is 400 g/mol. The number of hydrogen-bond acceptors (Lipinski definition) is 4. The number of rotatable bonds is 5. The van der Waals surface area contributed by atoms with Crippen molar-refractivity contribution in [3.63, 3.8) is 0 Å². The molecule has 0 aliphatic heterocycles. The van der Waals surface area contributed by atoms with Crippen LogP contribution in [-0.4, -0.2) is 16.2 Å². The van der Waals surface area contributed by atoms with Gasteiger partial charge in [-0.25, -0.2) is 4.79 Å². The molecule has 150 valence electrons. The number of benzene rings is 3. The molecule has 4 aromatic rings. The van der Waals surface area contributed by atoms with Crippen LogP contribution in [0.2, 0.25) is 5.02 Å².